The van der Waals surface area contributed by atoms with E-state index in [4.69, 9.17) is 4.98 Å². The van der Waals surface area contributed by atoms with E-state index in [1.807, 2.05) is 31.1 Å². The summed E-state index contributed by atoms with van der Waals surface area (Å²) in [6.07, 6.45) is 16.7. The number of hydrogen-bond acceptors (Lipinski definition) is 6. The first kappa shape index (κ1) is 23.4. The molecule has 2 heterocycles. The van der Waals surface area contributed by atoms with Crippen LogP contribution in [0.25, 0.3) is 0 Å². The first-order chi connectivity index (χ1) is 16.0. The molecule has 2 fully saturated rings. The van der Waals surface area contributed by atoms with Crippen LogP contribution in [0.4, 0.5) is 23.0 Å². The molecule has 0 N–H and O–H groups in total. The lowest BCUT2D eigenvalue weighted by Gasteiger charge is -2.32. The number of anilines is 2. The van der Waals surface area contributed by atoms with Gasteiger partial charge < -0.3 is 9.80 Å². The Bertz CT molecular complexity index is 994. The molecule has 2 aromatic rings. The average molecular weight is 447 g/mol. The molecule has 0 atom stereocenters. The normalized spacial score (nSPS) is 17.3. The summed E-state index contributed by atoms with van der Waals surface area (Å²) in [4.78, 5) is 22.7. The fourth-order valence-corrected chi connectivity index (χ4v) is 5.46. The molecular weight excluding hydrogens is 408 g/mol. The van der Waals surface area contributed by atoms with Crippen molar-refractivity contribution in [1.29, 1.82) is 0 Å². The van der Waals surface area contributed by atoms with Crippen LogP contribution in [0.3, 0.4) is 0 Å². The Kier molecular flexibility index (Phi) is 7.77. The van der Waals surface area contributed by atoms with Crippen LogP contribution in [0.1, 0.15) is 87.2 Å². The van der Waals surface area contributed by atoms with Gasteiger partial charge in [-0.05, 0) is 49.1 Å². The summed E-state index contributed by atoms with van der Waals surface area (Å²) in [6, 6.07) is 6.82. The van der Waals surface area contributed by atoms with Crippen LogP contribution >= 0.6 is 0 Å². The molecule has 0 bridgehead atoms. The van der Waals surface area contributed by atoms with Crippen LogP contribution in [0, 0.1) is 0 Å². The first-order valence-corrected chi connectivity index (χ1v) is 12.5. The van der Waals surface area contributed by atoms with E-state index in [0.717, 1.165) is 11.5 Å². The van der Waals surface area contributed by atoms with Gasteiger partial charge in [-0.1, -0.05) is 38.5 Å². The summed E-state index contributed by atoms with van der Waals surface area (Å²) in [5.41, 5.74) is 5.12. The van der Waals surface area contributed by atoms with Gasteiger partial charge in [-0.25, -0.2) is 9.97 Å². The number of rotatable bonds is 6. The second-order valence-corrected chi connectivity index (χ2v) is 9.95. The summed E-state index contributed by atoms with van der Waals surface area (Å²) in [6.45, 7) is 0. The maximum absolute atomic E-state index is 4.90. The highest BCUT2D eigenvalue weighted by atomic mass is 15.1. The number of pyridine rings is 2. The lowest BCUT2D eigenvalue weighted by Crippen LogP contribution is -2.20. The molecule has 0 spiro atoms. The van der Waals surface area contributed by atoms with Gasteiger partial charge >= 0.3 is 0 Å². The lowest BCUT2D eigenvalue weighted by atomic mass is 9.79. The second-order valence-electron chi connectivity index (χ2n) is 9.95. The van der Waals surface area contributed by atoms with E-state index >= 15 is 0 Å². The Morgan fingerprint density at radius 2 is 1.48 bits per heavy atom. The number of aromatic nitrogens is 2. The topological polar surface area (TPSA) is 57.0 Å². The van der Waals surface area contributed by atoms with Crippen molar-refractivity contribution in [1.82, 2.24) is 9.97 Å². The fraction of sp³-hybridized carbons (Fsp3) is 0.593. The first-order valence-electron chi connectivity index (χ1n) is 12.5. The van der Waals surface area contributed by atoms with E-state index in [9.17, 15) is 0 Å². The average Bonchev–Trinajstić information content (AvgIpc) is 2.85. The highest BCUT2D eigenvalue weighted by molar-refractivity contribution is 5.70. The van der Waals surface area contributed by atoms with Gasteiger partial charge in [0, 0.05) is 63.6 Å². The zero-order chi connectivity index (χ0) is 23.2. The van der Waals surface area contributed by atoms with Gasteiger partial charge in [0.2, 0.25) is 0 Å². The van der Waals surface area contributed by atoms with Crippen LogP contribution in [0.5, 0.6) is 0 Å². The fourth-order valence-electron chi connectivity index (χ4n) is 5.46. The monoisotopic (exact) mass is 446 g/mol. The molecule has 2 saturated carbocycles. The van der Waals surface area contributed by atoms with Crippen molar-refractivity contribution in [3.8, 4) is 0 Å². The lowest BCUT2D eigenvalue weighted by molar-refractivity contribution is 0.435. The van der Waals surface area contributed by atoms with Crippen molar-refractivity contribution in [3.05, 3.63) is 35.7 Å². The minimum atomic E-state index is 0.503. The predicted octanol–water partition coefficient (Wildman–Crippen LogP) is 6.84. The molecule has 2 aliphatic rings. The quantitative estimate of drug-likeness (QED) is 0.456. The van der Waals surface area contributed by atoms with Gasteiger partial charge in [-0.2, -0.15) is 9.98 Å². The molecule has 0 aromatic carbocycles. The molecule has 2 aliphatic carbocycles. The highest BCUT2D eigenvalue weighted by Crippen LogP contribution is 2.46. The largest absolute Gasteiger partial charge is 0.378 e. The molecule has 6 heteroatoms. The van der Waals surface area contributed by atoms with Crippen LogP contribution in [-0.2, 0) is 0 Å². The molecule has 0 aliphatic heterocycles. The van der Waals surface area contributed by atoms with Crippen molar-refractivity contribution in [2.24, 2.45) is 9.98 Å². The summed E-state index contributed by atoms with van der Waals surface area (Å²) in [7, 11) is 8.36. The molecule has 0 unspecified atom stereocenters. The highest BCUT2D eigenvalue weighted by Gasteiger charge is 2.28. The smallest absolute Gasteiger partial charge is 0.168 e. The SMILES string of the molecule is CN(C)c1ccnc(N=C=Nc2ncc(C3CCCCC3)c(N(C)C)c2C2CCCCC2)c1. The Morgan fingerprint density at radius 1 is 0.818 bits per heavy atom. The van der Waals surface area contributed by atoms with E-state index in [-0.39, 0.29) is 0 Å². The van der Waals surface area contributed by atoms with Crippen molar-refractivity contribution in [2.75, 3.05) is 38.0 Å². The predicted molar refractivity (Wildman–Crippen MR) is 138 cm³/mol. The van der Waals surface area contributed by atoms with Crippen LogP contribution < -0.4 is 9.80 Å². The third kappa shape index (κ3) is 5.62. The van der Waals surface area contributed by atoms with E-state index in [2.05, 4.69) is 46.2 Å². The van der Waals surface area contributed by atoms with Crippen molar-refractivity contribution in [2.45, 2.75) is 76.0 Å². The molecule has 6 nitrogen and oxygen atoms in total. The van der Waals surface area contributed by atoms with E-state index < -0.39 is 0 Å². The van der Waals surface area contributed by atoms with Crippen molar-refractivity contribution >= 4 is 29.0 Å². The molecule has 4 rings (SSSR count). The minimum absolute atomic E-state index is 0.503. The van der Waals surface area contributed by atoms with Gasteiger partial charge in [0.25, 0.3) is 0 Å². The second kappa shape index (κ2) is 10.9. The summed E-state index contributed by atoms with van der Waals surface area (Å²) >= 11 is 0. The molecule has 176 valence electrons. The number of hydrogen-bond donors (Lipinski definition) is 0. The maximum Gasteiger partial charge on any atom is 0.168 e. The van der Waals surface area contributed by atoms with E-state index in [0.29, 0.717) is 17.7 Å². The standard InChI is InChI=1S/C27H38N6/c1-32(2)22-15-16-28-24(17-22)30-19-31-27-25(21-13-9-6-10-14-21)26(33(3)4)23(18-29-27)20-11-7-5-8-12-20/h15-18,20-21H,5-14H2,1-4H3. The summed E-state index contributed by atoms with van der Waals surface area (Å²) in [5.74, 6) is 2.49. The Hall–Kier alpha value is -2.72. The molecule has 2 aromatic heterocycles. The summed E-state index contributed by atoms with van der Waals surface area (Å²) < 4.78 is 0. The van der Waals surface area contributed by atoms with Crippen molar-refractivity contribution in [3.63, 3.8) is 0 Å². The molecule has 0 radical (unpaired) electrons. The zero-order valence-corrected chi connectivity index (χ0v) is 20.7. The van der Waals surface area contributed by atoms with E-state index in [1.54, 1.807) is 6.20 Å². The number of nitrogens with zero attached hydrogens (tertiary/aromatic N) is 6. The molecule has 33 heavy (non-hydrogen) atoms. The maximum atomic E-state index is 4.90. The Balaban J connectivity index is 1.75. The van der Waals surface area contributed by atoms with Gasteiger partial charge in [0.15, 0.2) is 11.6 Å². The van der Waals surface area contributed by atoms with Crippen LogP contribution in [0.2, 0.25) is 0 Å². The van der Waals surface area contributed by atoms with Crippen LogP contribution in [0.15, 0.2) is 34.5 Å². The molecular formula is C27H38N6. The zero-order valence-electron chi connectivity index (χ0n) is 20.7. The third-order valence-corrected chi connectivity index (χ3v) is 7.17. The number of aliphatic imine (C=N–C) groups is 2. The Morgan fingerprint density at radius 3 is 2.12 bits per heavy atom. The van der Waals surface area contributed by atoms with Gasteiger partial charge in [0.1, 0.15) is 6.01 Å². The van der Waals surface area contributed by atoms with Crippen LogP contribution in [-0.4, -0.2) is 44.2 Å². The van der Waals surface area contributed by atoms with Gasteiger partial charge in [-0.3, -0.25) is 0 Å². The molecule has 0 saturated heterocycles. The minimum Gasteiger partial charge on any atom is -0.378 e. The Labute approximate surface area is 198 Å². The van der Waals surface area contributed by atoms with E-state index in [1.165, 1.54) is 81.0 Å². The van der Waals surface area contributed by atoms with Gasteiger partial charge in [0.05, 0.1) is 0 Å². The molecule has 0 amide bonds. The summed E-state index contributed by atoms with van der Waals surface area (Å²) in [5, 5.41) is 0. The third-order valence-electron chi connectivity index (χ3n) is 7.17. The van der Waals surface area contributed by atoms with Crippen molar-refractivity contribution < 1.29 is 0 Å². The van der Waals surface area contributed by atoms with Gasteiger partial charge in [-0.15, -0.1) is 0 Å².